The van der Waals surface area contributed by atoms with E-state index in [1.165, 1.54) is 12.8 Å². The molecule has 1 N–H and O–H groups in total. The topological polar surface area (TPSA) is 21.3 Å². The van der Waals surface area contributed by atoms with Crippen molar-refractivity contribution in [2.24, 2.45) is 5.92 Å². The monoisotopic (exact) mass is 227 g/mol. The smallest absolute Gasteiger partial charge is 0.122 e. The molecule has 0 aromatic rings. The van der Waals surface area contributed by atoms with Gasteiger partial charge in [0.05, 0.1) is 6.10 Å². The molecule has 0 amide bonds. The Balaban J connectivity index is 2.85. The summed E-state index contributed by atoms with van der Waals surface area (Å²) in [7, 11) is 0. The summed E-state index contributed by atoms with van der Waals surface area (Å²) < 4.78 is 6.26. The highest BCUT2D eigenvalue weighted by Crippen LogP contribution is 2.36. The maximum Gasteiger partial charge on any atom is 0.122 e. The number of nitrogens with one attached hydrogen (secondary N) is 1. The van der Waals surface area contributed by atoms with Crippen LogP contribution in [-0.4, -0.2) is 17.4 Å². The minimum atomic E-state index is -0.114. The molecule has 96 valence electrons. The Labute approximate surface area is 101 Å². The molecule has 0 aliphatic carbocycles. The predicted molar refractivity (Wildman–Crippen MR) is 69.5 cm³/mol. The summed E-state index contributed by atoms with van der Waals surface area (Å²) >= 11 is 0. The minimum absolute atomic E-state index is 0.114. The quantitative estimate of drug-likeness (QED) is 0.790. The maximum atomic E-state index is 6.26. The van der Waals surface area contributed by atoms with Crippen LogP contribution in [0.15, 0.2) is 0 Å². The molecule has 0 radical (unpaired) electrons. The second-order valence-corrected chi connectivity index (χ2v) is 6.07. The van der Waals surface area contributed by atoms with E-state index in [2.05, 4.69) is 46.9 Å². The molecular weight excluding hydrogens is 198 g/mol. The average Bonchev–Trinajstić information content (AvgIpc) is 2.14. The van der Waals surface area contributed by atoms with E-state index in [0.29, 0.717) is 12.0 Å². The molecule has 2 nitrogen and oxygen atoms in total. The van der Waals surface area contributed by atoms with Crippen LogP contribution in [0.5, 0.6) is 0 Å². The third-order valence-corrected chi connectivity index (χ3v) is 3.80. The highest BCUT2D eigenvalue weighted by molar-refractivity contribution is 4.96. The fourth-order valence-electron chi connectivity index (χ4n) is 3.20. The Morgan fingerprint density at radius 2 is 2.00 bits per heavy atom. The largest absolute Gasteiger partial charge is 0.357 e. The molecule has 1 saturated heterocycles. The van der Waals surface area contributed by atoms with Crippen molar-refractivity contribution in [1.29, 1.82) is 0 Å². The summed E-state index contributed by atoms with van der Waals surface area (Å²) in [6, 6.07) is 0. The van der Waals surface area contributed by atoms with Gasteiger partial charge < -0.3 is 4.74 Å². The molecule has 16 heavy (non-hydrogen) atoms. The first-order chi connectivity index (χ1) is 7.35. The van der Waals surface area contributed by atoms with Gasteiger partial charge in [-0.05, 0) is 46.0 Å². The van der Waals surface area contributed by atoms with Crippen molar-refractivity contribution >= 4 is 0 Å². The zero-order valence-electron chi connectivity index (χ0n) is 11.9. The standard InChI is InChI=1S/C14H29NO/c1-7-9-11(3)14(8-2)15-13(5,6)10-12(4)16-14/h11-12,15H,7-10H2,1-6H3/t11-,12+,14+/m1/s1. The van der Waals surface area contributed by atoms with E-state index < -0.39 is 0 Å². The number of hydrogen-bond donors (Lipinski definition) is 1. The highest BCUT2D eigenvalue weighted by Gasteiger charge is 2.44. The SMILES string of the molecule is CCC[C@@H](C)[C@@]1(CC)NC(C)(C)C[C@H](C)O1. The minimum Gasteiger partial charge on any atom is -0.357 e. The number of rotatable bonds is 4. The summed E-state index contributed by atoms with van der Waals surface area (Å²) in [6.45, 7) is 13.6. The first kappa shape index (κ1) is 14.0. The fraction of sp³-hybridized carbons (Fsp3) is 1.00. The van der Waals surface area contributed by atoms with Crippen molar-refractivity contribution in [3.05, 3.63) is 0 Å². The highest BCUT2D eigenvalue weighted by atomic mass is 16.5. The van der Waals surface area contributed by atoms with Crippen LogP contribution in [0, 0.1) is 5.92 Å². The van der Waals surface area contributed by atoms with Crippen LogP contribution < -0.4 is 5.32 Å². The van der Waals surface area contributed by atoms with Crippen molar-refractivity contribution in [2.75, 3.05) is 0 Å². The van der Waals surface area contributed by atoms with Crippen LogP contribution in [0.2, 0.25) is 0 Å². The van der Waals surface area contributed by atoms with E-state index in [-0.39, 0.29) is 11.3 Å². The molecule has 1 fully saturated rings. The van der Waals surface area contributed by atoms with E-state index in [9.17, 15) is 0 Å². The molecule has 0 aromatic heterocycles. The average molecular weight is 227 g/mol. The van der Waals surface area contributed by atoms with Crippen LogP contribution in [0.3, 0.4) is 0 Å². The first-order valence-corrected chi connectivity index (χ1v) is 6.82. The van der Waals surface area contributed by atoms with Gasteiger partial charge in [-0.3, -0.25) is 5.32 Å². The second-order valence-electron chi connectivity index (χ2n) is 6.07. The van der Waals surface area contributed by atoms with Gasteiger partial charge in [-0.2, -0.15) is 0 Å². The summed E-state index contributed by atoms with van der Waals surface area (Å²) in [5, 5.41) is 3.75. The molecule has 1 heterocycles. The molecule has 1 aliphatic heterocycles. The molecular formula is C14H29NO. The lowest BCUT2D eigenvalue weighted by Crippen LogP contribution is -2.65. The van der Waals surface area contributed by atoms with E-state index in [1.54, 1.807) is 0 Å². The summed E-state index contributed by atoms with van der Waals surface area (Å²) in [5.74, 6) is 0.574. The second kappa shape index (κ2) is 5.05. The van der Waals surface area contributed by atoms with Crippen molar-refractivity contribution in [3.63, 3.8) is 0 Å². The first-order valence-electron chi connectivity index (χ1n) is 6.82. The lowest BCUT2D eigenvalue weighted by molar-refractivity contribution is -0.193. The van der Waals surface area contributed by atoms with Gasteiger partial charge in [-0.15, -0.1) is 0 Å². The van der Waals surface area contributed by atoms with E-state index in [1.807, 2.05) is 0 Å². The predicted octanol–water partition coefficient (Wildman–Crippen LogP) is 3.71. The molecule has 0 aromatic carbocycles. The molecule has 0 unspecified atom stereocenters. The van der Waals surface area contributed by atoms with Crippen molar-refractivity contribution < 1.29 is 4.74 Å². The van der Waals surface area contributed by atoms with Gasteiger partial charge in [0.1, 0.15) is 5.72 Å². The summed E-state index contributed by atoms with van der Waals surface area (Å²) in [6.07, 6.45) is 4.94. The lowest BCUT2D eigenvalue weighted by atomic mass is 9.83. The van der Waals surface area contributed by atoms with Gasteiger partial charge >= 0.3 is 0 Å². The maximum absolute atomic E-state index is 6.26. The van der Waals surface area contributed by atoms with Crippen LogP contribution in [0.25, 0.3) is 0 Å². The zero-order chi connectivity index (χ0) is 12.4. The Hall–Kier alpha value is -0.0800. The van der Waals surface area contributed by atoms with Gasteiger partial charge in [-0.25, -0.2) is 0 Å². The third-order valence-electron chi connectivity index (χ3n) is 3.80. The Bertz CT molecular complexity index is 227. The normalized spacial score (nSPS) is 36.0. The van der Waals surface area contributed by atoms with Gasteiger partial charge in [-0.1, -0.05) is 27.2 Å². The Morgan fingerprint density at radius 3 is 2.44 bits per heavy atom. The molecule has 0 spiro atoms. The van der Waals surface area contributed by atoms with E-state index >= 15 is 0 Å². The summed E-state index contributed by atoms with van der Waals surface area (Å²) in [5.41, 5.74) is 0.0762. The number of hydrogen-bond acceptors (Lipinski definition) is 2. The Morgan fingerprint density at radius 1 is 1.38 bits per heavy atom. The van der Waals surface area contributed by atoms with Crippen LogP contribution >= 0.6 is 0 Å². The van der Waals surface area contributed by atoms with Crippen LogP contribution in [0.4, 0.5) is 0 Å². The molecule has 2 heteroatoms. The van der Waals surface area contributed by atoms with Gasteiger partial charge in [0.2, 0.25) is 0 Å². The van der Waals surface area contributed by atoms with Crippen LogP contribution in [-0.2, 0) is 4.74 Å². The molecule has 3 atom stereocenters. The van der Waals surface area contributed by atoms with E-state index in [4.69, 9.17) is 4.74 Å². The zero-order valence-corrected chi connectivity index (χ0v) is 11.9. The van der Waals surface area contributed by atoms with Gasteiger partial charge in [0, 0.05) is 5.54 Å². The van der Waals surface area contributed by atoms with Crippen LogP contribution in [0.1, 0.15) is 67.2 Å². The van der Waals surface area contributed by atoms with Crippen molar-refractivity contribution in [1.82, 2.24) is 5.32 Å². The summed E-state index contributed by atoms with van der Waals surface area (Å²) in [4.78, 5) is 0. The molecule has 0 bridgehead atoms. The van der Waals surface area contributed by atoms with Crippen molar-refractivity contribution in [2.45, 2.75) is 84.6 Å². The third kappa shape index (κ3) is 2.98. The lowest BCUT2D eigenvalue weighted by Gasteiger charge is -2.51. The fourth-order valence-corrected chi connectivity index (χ4v) is 3.20. The molecule has 1 aliphatic rings. The van der Waals surface area contributed by atoms with Crippen molar-refractivity contribution in [3.8, 4) is 0 Å². The molecule has 0 saturated carbocycles. The molecule has 1 rings (SSSR count). The number of ether oxygens (including phenoxy) is 1. The van der Waals surface area contributed by atoms with Gasteiger partial charge in [0.25, 0.3) is 0 Å². The van der Waals surface area contributed by atoms with Gasteiger partial charge in [0.15, 0.2) is 0 Å². The Kier molecular flexibility index (Phi) is 4.42. The van der Waals surface area contributed by atoms with E-state index in [0.717, 1.165) is 12.8 Å².